The lowest BCUT2D eigenvalue weighted by Gasteiger charge is -2.23. The topological polar surface area (TPSA) is 64.2 Å². The van der Waals surface area contributed by atoms with Crippen LogP contribution in [-0.2, 0) is 7.05 Å². The summed E-state index contributed by atoms with van der Waals surface area (Å²) in [5, 5.41) is 0.655. The van der Waals surface area contributed by atoms with Gasteiger partial charge in [-0.25, -0.2) is 4.98 Å². The van der Waals surface area contributed by atoms with Gasteiger partial charge < -0.3 is 10.6 Å². The number of benzene rings is 1. The van der Waals surface area contributed by atoms with Crippen LogP contribution >= 0.6 is 0 Å². The van der Waals surface area contributed by atoms with Gasteiger partial charge in [0.25, 0.3) is 5.56 Å². The van der Waals surface area contributed by atoms with Crippen LogP contribution in [0.3, 0.4) is 0 Å². The van der Waals surface area contributed by atoms with Crippen molar-refractivity contribution in [3.8, 4) is 0 Å². The van der Waals surface area contributed by atoms with Crippen molar-refractivity contribution in [3.05, 3.63) is 33.6 Å². The molecule has 5 heteroatoms. The molecule has 2 N–H and O–H groups in total. The predicted octanol–water partition coefficient (Wildman–Crippen LogP) is 2.50. The maximum absolute atomic E-state index is 12.8. The van der Waals surface area contributed by atoms with Crippen molar-refractivity contribution in [2.24, 2.45) is 18.2 Å². The molecular weight excluding hydrogens is 288 g/mol. The summed E-state index contributed by atoms with van der Waals surface area (Å²) in [6.07, 6.45) is 1.11. The number of fused-ring (bicyclic) bond motifs is 1. The molecule has 1 aromatic carbocycles. The Bertz CT molecular complexity index is 820. The molecule has 1 aromatic heterocycles. The highest BCUT2D eigenvalue weighted by atomic mass is 16.1. The van der Waals surface area contributed by atoms with Crippen molar-refractivity contribution in [3.63, 3.8) is 0 Å². The van der Waals surface area contributed by atoms with Crippen LogP contribution in [0.25, 0.3) is 10.9 Å². The second-order valence-electron chi connectivity index (χ2n) is 7.65. The number of nitrogens with zero attached hydrogens (tertiary/aromatic N) is 3. The normalized spacial score (nSPS) is 18.6. The molecule has 1 aliphatic heterocycles. The molecule has 0 spiro atoms. The van der Waals surface area contributed by atoms with Crippen LogP contribution in [0.15, 0.2) is 16.9 Å². The minimum absolute atomic E-state index is 0.000283. The molecule has 2 aromatic rings. The second kappa shape index (κ2) is 5.34. The summed E-state index contributed by atoms with van der Waals surface area (Å²) in [5.74, 6) is 0.749. The summed E-state index contributed by atoms with van der Waals surface area (Å²) in [5.41, 5.74) is 9.10. The van der Waals surface area contributed by atoms with E-state index in [1.165, 1.54) is 0 Å². The molecule has 0 aliphatic carbocycles. The first-order chi connectivity index (χ1) is 10.7. The number of hydrogen-bond donors (Lipinski definition) is 1. The van der Waals surface area contributed by atoms with Crippen LogP contribution < -0.4 is 16.2 Å². The molecule has 2 heterocycles. The standard InChI is InChI=1S/C18H26N4O/c1-11-8-13(12(2)19)15-14(9-11)16(23)21(5)17(20-15)22-7-6-18(3,4)10-22/h8-9,12H,6-7,10,19H2,1-5H3. The van der Waals surface area contributed by atoms with Crippen molar-refractivity contribution in [1.29, 1.82) is 0 Å². The van der Waals surface area contributed by atoms with Gasteiger partial charge in [0.05, 0.1) is 10.9 Å². The highest BCUT2D eigenvalue weighted by molar-refractivity contribution is 5.83. The summed E-state index contributed by atoms with van der Waals surface area (Å²) in [7, 11) is 1.81. The predicted molar refractivity (Wildman–Crippen MR) is 94.9 cm³/mol. The zero-order valence-corrected chi connectivity index (χ0v) is 14.7. The Morgan fingerprint density at radius 2 is 2.04 bits per heavy atom. The van der Waals surface area contributed by atoms with E-state index in [0.717, 1.165) is 42.1 Å². The molecule has 0 amide bonds. The van der Waals surface area contributed by atoms with E-state index >= 15 is 0 Å². The Morgan fingerprint density at radius 1 is 1.35 bits per heavy atom. The van der Waals surface area contributed by atoms with Gasteiger partial charge in [0.15, 0.2) is 0 Å². The van der Waals surface area contributed by atoms with E-state index in [0.29, 0.717) is 5.39 Å². The summed E-state index contributed by atoms with van der Waals surface area (Å²) < 4.78 is 1.67. The molecule has 1 atom stereocenters. The van der Waals surface area contributed by atoms with Gasteiger partial charge >= 0.3 is 0 Å². The molecule has 0 bridgehead atoms. The molecule has 1 aliphatic rings. The van der Waals surface area contributed by atoms with E-state index in [2.05, 4.69) is 18.7 Å². The number of rotatable bonds is 2. The van der Waals surface area contributed by atoms with Gasteiger partial charge in [0.1, 0.15) is 0 Å². The molecule has 3 rings (SSSR count). The molecule has 1 saturated heterocycles. The number of nitrogens with two attached hydrogens (primary N) is 1. The quantitative estimate of drug-likeness (QED) is 0.925. The van der Waals surface area contributed by atoms with Crippen LogP contribution in [0.1, 0.15) is 44.4 Å². The lowest BCUT2D eigenvalue weighted by Crippen LogP contribution is -2.31. The highest BCUT2D eigenvalue weighted by Crippen LogP contribution is 2.32. The average Bonchev–Trinajstić information content (AvgIpc) is 2.82. The Morgan fingerprint density at radius 3 is 2.61 bits per heavy atom. The van der Waals surface area contributed by atoms with E-state index in [9.17, 15) is 4.79 Å². The summed E-state index contributed by atoms with van der Waals surface area (Å²) in [4.78, 5) is 19.9. The second-order valence-corrected chi connectivity index (χ2v) is 7.65. The zero-order valence-electron chi connectivity index (χ0n) is 14.7. The molecule has 0 radical (unpaired) electrons. The molecular formula is C18H26N4O. The first kappa shape index (κ1) is 16.0. The SMILES string of the molecule is Cc1cc(C(C)N)c2nc(N3CCC(C)(C)C3)n(C)c(=O)c2c1. The Hall–Kier alpha value is -1.88. The molecule has 1 unspecified atom stereocenters. The summed E-state index contributed by atoms with van der Waals surface area (Å²) >= 11 is 0. The minimum atomic E-state index is -0.153. The molecule has 23 heavy (non-hydrogen) atoms. The van der Waals surface area contributed by atoms with Crippen molar-refractivity contribution < 1.29 is 0 Å². The fourth-order valence-corrected chi connectivity index (χ4v) is 3.45. The maximum atomic E-state index is 12.8. The van der Waals surface area contributed by atoms with Crippen molar-refractivity contribution in [1.82, 2.24) is 9.55 Å². The third kappa shape index (κ3) is 2.74. The van der Waals surface area contributed by atoms with E-state index < -0.39 is 0 Å². The third-order valence-corrected chi connectivity index (χ3v) is 4.78. The number of hydrogen-bond acceptors (Lipinski definition) is 4. The van der Waals surface area contributed by atoms with E-state index in [4.69, 9.17) is 10.7 Å². The first-order valence-electron chi connectivity index (χ1n) is 8.21. The van der Waals surface area contributed by atoms with Gasteiger partial charge in [-0.05, 0) is 42.9 Å². The number of anilines is 1. The van der Waals surface area contributed by atoms with Crippen molar-refractivity contribution in [2.75, 3.05) is 18.0 Å². The Labute approximate surface area is 137 Å². The smallest absolute Gasteiger partial charge is 0.262 e. The van der Waals surface area contributed by atoms with Crippen LogP contribution in [-0.4, -0.2) is 22.6 Å². The number of aromatic nitrogens is 2. The van der Waals surface area contributed by atoms with E-state index in [1.54, 1.807) is 4.57 Å². The summed E-state index contributed by atoms with van der Waals surface area (Å²) in [6.45, 7) is 10.3. The van der Waals surface area contributed by atoms with Gasteiger partial charge in [-0.15, -0.1) is 0 Å². The number of aryl methyl sites for hydroxylation is 1. The lowest BCUT2D eigenvalue weighted by atomic mass is 9.93. The van der Waals surface area contributed by atoms with Gasteiger partial charge in [0.2, 0.25) is 5.95 Å². The van der Waals surface area contributed by atoms with Gasteiger partial charge in [-0.1, -0.05) is 19.9 Å². The first-order valence-corrected chi connectivity index (χ1v) is 8.21. The van der Waals surface area contributed by atoms with Gasteiger partial charge in [0, 0.05) is 26.2 Å². The van der Waals surface area contributed by atoms with Crippen LogP contribution in [0.5, 0.6) is 0 Å². The Kier molecular flexibility index (Phi) is 3.71. The van der Waals surface area contributed by atoms with Crippen molar-refractivity contribution in [2.45, 2.75) is 40.2 Å². The fourth-order valence-electron chi connectivity index (χ4n) is 3.45. The maximum Gasteiger partial charge on any atom is 0.262 e. The monoisotopic (exact) mass is 314 g/mol. The van der Waals surface area contributed by atoms with Gasteiger partial charge in [-0.3, -0.25) is 9.36 Å². The molecule has 0 saturated carbocycles. The highest BCUT2D eigenvalue weighted by Gasteiger charge is 2.31. The molecule has 5 nitrogen and oxygen atoms in total. The third-order valence-electron chi connectivity index (χ3n) is 4.78. The minimum Gasteiger partial charge on any atom is -0.342 e. The fraction of sp³-hybridized carbons (Fsp3) is 0.556. The van der Waals surface area contributed by atoms with Crippen LogP contribution in [0.4, 0.5) is 5.95 Å². The van der Waals surface area contributed by atoms with Crippen LogP contribution in [0.2, 0.25) is 0 Å². The largest absolute Gasteiger partial charge is 0.342 e. The van der Waals surface area contributed by atoms with Gasteiger partial charge in [-0.2, -0.15) is 0 Å². The lowest BCUT2D eigenvalue weighted by molar-refractivity contribution is 0.418. The van der Waals surface area contributed by atoms with E-state index in [1.807, 2.05) is 33.0 Å². The summed E-state index contributed by atoms with van der Waals surface area (Å²) in [6, 6.07) is 3.80. The average molecular weight is 314 g/mol. The van der Waals surface area contributed by atoms with E-state index in [-0.39, 0.29) is 17.0 Å². The Balaban J connectivity index is 2.25. The molecule has 1 fully saturated rings. The molecule has 124 valence electrons. The van der Waals surface area contributed by atoms with Crippen LogP contribution in [0, 0.1) is 12.3 Å². The zero-order chi connectivity index (χ0) is 16.9. The van der Waals surface area contributed by atoms with Crippen molar-refractivity contribution >= 4 is 16.9 Å².